The fourth-order valence-electron chi connectivity index (χ4n) is 2.99. The fourth-order valence-corrected chi connectivity index (χ4v) is 2.99. The van der Waals surface area contributed by atoms with Crippen molar-refractivity contribution in [2.45, 2.75) is 31.9 Å². The van der Waals surface area contributed by atoms with Crippen LogP contribution in [0.25, 0.3) is 5.65 Å². The lowest BCUT2D eigenvalue weighted by molar-refractivity contribution is 0.0707. The van der Waals surface area contributed by atoms with E-state index >= 15 is 0 Å². The Morgan fingerprint density at radius 1 is 1.45 bits per heavy atom. The largest absolute Gasteiger partial charge is 0.381 e. The molecule has 6 nitrogen and oxygen atoms in total. The molecule has 2 atom stereocenters. The van der Waals surface area contributed by atoms with Gasteiger partial charge in [0, 0.05) is 26.2 Å². The van der Waals surface area contributed by atoms with E-state index < -0.39 is 0 Å². The van der Waals surface area contributed by atoms with Gasteiger partial charge in [0.2, 0.25) is 0 Å². The maximum atomic E-state index is 5.96. The van der Waals surface area contributed by atoms with Crippen molar-refractivity contribution in [1.29, 1.82) is 0 Å². The van der Waals surface area contributed by atoms with E-state index in [2.05, 4.69) is 28.0 Å². The summed E-state index contributed by atoms with van der Waals surface area (Å²) in [6.07, 6.45) is 3.86. The molecule has 0 aliphatic carbocycles. The van der Waals surface area contributed by atoms with E-state index in [1.165, 1.54) is 5.56 Å². The molecule has 1 saturated heterocycles. The molecule has 0 amide bonds. The molecule has 1 aliphatic rings. The Balaban J connectivity index is 1.99. The molecule has 6 heteroatoms. The van der Waals surface area contributed by atoms with Gasteiger partial charge in [-0.25, -0.2) is 4.98 Å². The average molecular weight is 275 g/mol. The molecular weight excluding hydrogens is 254 g/mol. The summed E-state index contributed by atoms with van der Waals surface area (Å²) in [6.45, 7) is 3.63. The first-order valence-corrected chi connectivity index (χ1v) is 7.03. The third-order valence-corrected chi connectivity index (χ3v) is 4.07. The maximum Gasteiger partial charge on any atom is 0.157 e. The van der Waals surface area contributed by atoms with Gasteiger partial charge in [-0.05, 0) is 37.5 Å². The molecule has 1 fully saturated rings. The lowest BCUT2D eigenvalue weighted by Crippen LogP contribution is -2.49. The van der Waals surface area contributed by atoms with Crippen molar-refractivity contribution < 1.29 is 4.74 Å². The Labute approximate surface area is 118 Å². The van der Waals surface area contributed by atoms with Crippen LogP contribution < -0.4 is 10.6 Å². The summed E-state index contributed by atoms with van der Waals surface area (Å²) in [7, 11) is 1.77. The highest BCUT2D eigenvalue weighted by atomic mass is 16.5. The first-order chi connectivity index (χ1) is 9.72. The Morgan fingerprint density at radius 3 is 3.05 bits per heavy atom. The van der Waals surface area contributed by atoms with Crippen molar-refractivity contribution in [3.05, 3.63) is 24.0 Å². The number of piperidine rings is 1. The SMILES string of the molecule is COC1CCN(c2cc(C)cc3ncnn23)C(CN)C1. The van der Waals surface area contributed by atoms with Crippen molar-refractivity contribution in [2.75, 3.05) is 25.1 Å². The summed E-state index contributed by atoms with van der Waals surface area (Å²) in [5.41, 5.74) is 8.03. The van der Waals surface area contributed by atoms with E-state index in [-0.39, 0.29) is 6.04 Å². The number of anilines is 1. The summed E-state index contributed by atoms with van der Waals surface area (Å²) >= 11 is 0. The molecule has 2 aromatic heterocycles. The zero-order chi connectivity index (χ0) is 14.1. The van der Waals surface area contributed by atoms with Crippen molar-refractivity contribution in [2.24, 2.45) is 5.73 Å². The quantitative estimate of drug-likeness (QED) is 0.904. The molecule has 0 aromatic carbocycles. The maximum absolute atomic E-state index is 5.96. The van der Waals surface area contributed by atoms with Crippen molar-refractivity contribution in [3.63, 3.8) is 0 Å². The Kier molecular flexibility index (Phi) is 3.58. The van der Waals surface area contributed by atoms with E-state index in [0.717, 1.165) is 30.9 Å². The van der Waals surface area contributed by atoms with Crippen LogP contribution in [0.15, 0.2) is 18.5 Å². The first-order valence-electron chi connectivity index (χ1n) is 7.03. The molecule has 3 heterocycles. The van der Waals surface area contributed by atoms with E-state index in [0.29, 0.717) is 12.6 Å². The molecule has 0 spiro atoms. The lowest BCUT2D eigenvalue weighted by atomic mass is 9.99. The van der Waals surface area contributed by atoms with E-state index in [1.54, 1.807) is 13.4 Å². The lowest BCUT2D eigenvalue weighted by Gasteiger charge is -2.39. The molecule has 108 valence electrons. The van der Waals surface area contributed by atoms with Gasteiger partial charge in [-0.15, -0.1) is 0 Å². The first kappa shape index (κ1) is 13.3. The topological polar surface area (TPSA) is 68.7 Å². The molecular formula is C14H21N5O. The van der Waals surface area contributed by atoms with Crippen LogP contribution in [0.3, 0.4) is 0 Å². The monoisotopic (exact) mass is 275 g/mol. The summed E-state index contributed by atoms with van der Waals surface area (Å²) in [5, 5.41) is 4.33. The molecule has 0 bridgehead atoms. The molecule has 2 N–H and O–H groups in total. The van der Waals surface area contributed by atoms with Gasteiger partial charge < -0.3 is 15.4 Å². The van der Waals surface area contributed by atoms with E-state index in [9.17, 15) is 0 Å². The van der Waals surface area contributed by atoms with Gasteiger partial charge in [0.15, 0.2) is 5.65 Å². The molecule has 20 heavy (non-hydrogen) atoms. The number of aromatic nitrogens is 3. The van der Waals surface area contributed by atoms with E-state index in [1.807, 2.05) is 10.6 Å². The normalized spacial score (nSPS) is 23.4. The number of rotatable bonds is 3. The minimum Gasteiger partial charge on any atom is -0.381 e. The van der Waals surface area contributed by atoms with Gasteiger partial charge in [-0.3, -0.25) is 0 Å². The van der Waals surface area contributed by atoms with Gasteiger partial charge in [-0.1, -0.05) is 0 Å². The van der Waals surface area contributed by atoms with Gasteiger partial charge in [0.1, 0.15) is 12.1 Å². The molecule has 0 saturated carbocycles. The second-order valence-corrected chi connectivity index (χ2v) is 5.39. The summed E-state index contributed by atoms with van der Waals surface area (Å²) in [4.78, 5) is 6.62. The molecule has 1 aliphatic heterocycles. The molecule has 0 radical (unpaired) electrons. The van der Waals surface area contributed by atoms with Crippen molar-refractivity contribution >= 4 is 11.5 Å². The standard InChI is InChI=1S/C14H21N5O/c1-10-5-13-16-9-17-19(13)14(6-10)18-4-3-12(20-2)7-11(18)8-15/h5-6,9,11-12H,3-4,7-8,15H2,1-2H3. The third kappa shape index (κ3) is 2.25. The number of ether oxygens (including phenoxy) is 1. The van der Waals surface area contributed by atoms with E-state index in [4.69, 9.17) is 10.5 Å². The predicted molar refractivity (Wildman–Crippen MR) is 77.9 cm³/mol. The van der Waals surface area contributed by atoms with Crippen LogP contribution in [-0.2, 0) is 4.74 Å². The highest BCUT2D eigenvalue weighted by molar-refractivity contribution is 5.53. The Morgan fingerprint density at radius 2 is 2.30 bits per heavy atom. The van der Waals surface area contributed by atoms with Crippen molar-refractivity contribution in [3.8, 4) is 0 Å². The molecule has 3 rings (SSSR count). The van der Waals surface area contributed by atoms with Crippen LogP contribution in [0.2, 0.25) is 0 Å². The number of methoxy groups -OCH3 is 1. The van der Waals surface area contributed by atoms with Crippen LogP contribution in [-0.4, -0.2) is 46.9 Å². The van der Waals surface area contributed by atoms with Crippen LogP contribution in [0.4, 0.5) is 5.82 Å². The number of hydrogen-bond donors (Lipinski definition) is 1. The summed E-state index contributed by atoms with van der Waals surface area (Å²) < 4.78 is 7.38. The number of hydrogen-bond acceptors (Lipinski definition) is 5. The second-order valence-electron chi connectivity index (χ2n) is 5.39. The number of nitrogens with two attached hydrogens (primary N) is 1. The Hall–Kier alpha value is -1.66. The number of aryl methyl sites for hydroxylation is 1. The number of pyridine rings is 1. The van der Waals surface area contributed by atoms with Gasteiger partial charge in [-0.2, -0.15) is 9.61 Å². The highest BCUT2D eigenvalue weighted by Gasteiger charge is 2.29. The van der Waals surface area contributed by atoms with Gasteiger partial charge >= 0.3 is 0 Å². The third-order valence-electron chi connectivity index (χ3n) is 4.07. The summed E-state index contributed by atoms with van der Waals surface area (Å²) in [6, 6.07) is 4.47. The minimum atomic E-state index is 0.280. The van der Waals surface area contributed by atoms with Crippen LogP contribution in [0.5, 0.6) is 0 Å². The molecule has 2 aromatic rings. The van der Waals surface area contributed by atoms with Crippen LogP contribution in [0.1, 0.15) is 18.4 Å². The molecule has 2 unspecified atom stereocenters. The Bertz CT molecular complexity index is 596. The van der Waals surface area contributed by atoms with Gasteiger partial charge in [0.25, 0.3) is 0 Å². The smallest absolute Gasteiger partial charge is 0.157 e. The van der Waals surface area contributed by atoms with Crippen LogP contribution >= 0.6 is 0 Å². The number of fused-ring (bicyclic) bond motifs is 1. The number of nitrogens with zero attached hydrogens (tertiary/aromatic N) is 4. The van der Waals surface area contributed by atoms with Crippen molar-refractivity contribution in [1.82, 2.24) is 14.6 Å². The zero-order valence-electron chi connectivity index (χ0n) is 12.0. The predicted octanol–water partition coefficient (Wildman–Crippen LogP) is 0.980. The highest BCUT2D eigenvalue weighted by Crippen LogP contribution is 2.26. The van der Waals surface area contributed by atoms with Gasteiger partial charge in [0.05, 0.1) is 6.10 Å². The zero-order valence-corrected chi connectivity index (χ0v) is 12.0. The average Bonchev–Trinajstić information content (AvgIpc) is 2.93. The summed E-state index contributed by atoms with van der Waals surface area (Å²) in [5.74, 6) is 1.07. The minimum absolute atomic E-state index is 0.280. The fraction of sp³-hybridized carbons (Fsp3) is 0.571. The van der Waals surface area contributed by atoms with Crippen LogP contribution in [0, 0.1) is 6.92 Å². The second kappa shape index (κ2) is 5.38.